The van der Waals surface area contributed by atoms with E-state index in [9.17, 15) is 4.79 Å². The number of hydrogen-bond acceptors (Lipinski definition) is 3. The van der Waals surface area contributed by atoms with Gasteiger partial charge in [-0.2, -0.15) is 5.10 Å². The molecule has 0 N–H and O–H groups in total. The Hall–Kier alpha value is -3.53. The maximum atomic E-state index is 12.8. The van der Waals surface area contributed by atoms with Crippen molar-refractivity contribution in [2.45, 2.75) is 19.8 Å². The number of nitrogens with zero attached hydrogens (tertiary/aromatic N) is 3. The number of rotatable bonds is 3. The van der Waals surface area contributed by atoms with Crippen LogP contribution in [0.15, 0.2) is 72.9 Å². The Labute approximate surface area is 169 Å². The molecule has 0 fully saturated rings. The minimum atomic E-state index is 0.137. The summed E-state index contributed by atoms with van der Waals surface area (Å²) in [7, 11) is 0. The largest absolute Gasteiger partial charge is 0.294 e. The molecule has 0 spiro atoms. The molecule has 1 aliphatic rings. The van der Waals surface area contributed by atoms with Crippen LogP contribution in [0.25, 0.3) is 22.9 Å². The third-order valence-corrected chi connectivity index (χ3v) is 5.54. The second kappa shape index (κ2) is 7.13. The summed E-state index contributed by atoms with van der Waals surface area (Å²) in [6.07, 6.45) is 7.27. The van der Waals surface area contributed by atoms with E-state index in [4.69, 9.17) is 5.10 Å². The van der Waals surface area contributed by atoms with E-state index in [-0.39, 0.29) is 11.7 Å². The predicted octanol–water partition coefficient (Wildman–Crippen LogP) is 5.16. The van der Waals surface area contributed by atoms with Gasteiger partial charge in [0.05, 0.1) is 17.0 Å². The van der Waals surface area contributed by atoms with Crippen molar-refractivity contribution in [3.8, 4) is 11.1 Å². The first-order chi connectivity index (χ1) is 14.2. The van der Waals surface area contributed by atoms with Gasteiger partial charge in [0.1, 0.15) is 0 Å². The van der Waals surface area contributed by atoms with Gasteiger partial charge in [0.25, 0.3) is 0 Å². The number of aromatic nitrogens is 3. The van der Waals surface area contributed by atoms with Crippen LogP contribution in [0.4, 0.5) is 0 Å². The van der Waals surface area contributed by atoms with Gasteiger partial charge >= 0.3 is 0 Å². The van der Waals surface area contributed by atoms with Crippen molar-refractivity contribution in [3.05, 3.63) is 95.5 Å². The predicted molar refractivity (Wildman–Crippen MR) is 115 cm³/mol. The van der Waals surface area contributed by atoms with Crippen LogP contribution in [-0.2, 0) is 6.42 Å². The molecule has 0 aliphatic heterocycles. The summed E-state index contributed by atoms with van der Waals surface area (Å²) < 4.78 is 1.88. The van der Waals surface area contributed by atoms with Crippen LogP contribution in [-0.4, -0.2) is 20.4 Å². The summed E-state index contributed by atoms with van der Waals surface area (Å²) in [5.41, 5.74) is 6.66. The third-order valence-electron chi connectivity index (χ3n) is 5.54. The molecule has 2 aromatic heterocycles. The number of aryl methyl sites for hydroxylation is 1. The van der Waals surface area contributed by atoms with Gasteiger partial charge in [0.15, 0.2) is 11.4 Å². The van der Waals surface area contributed by atoms with Crippen LogP contribution in [0.2, 0.25) is 0 Å². The minimum absolute atomic E-state index is 0.137. The molecule has 29 heavy (non-hydrogen) atoms. The van der Waals surface area contributed by atoms with Gasteiger partial charge in [-0.15, -0.1) is 0 Å². The molecule has 0 bridgehead atoms. The highest BCUT2D eigenvalue weighted by atomic mass is 16.1. The van der Waals surface area contributed by atoms with Gasteiger partial charge in [0.2, 0.25) is 0 Å². The molecule has 2 aromatic carbocycles. The first-order valence-electron chi connectivity index (χ1n) is 9.90. The van der Waals surface area contributed by atoms with Crippen molar-refractivity contribution >= 4 is 17.5 Å². The molecule has 4 aromatic rings. The lowest BCUT2D eigenvalue weighted by Gasteiger charge is -2.21. The molecule has 4 nitrogen and oxygen atoms in total. The second-order valence-corrected chi connectivity index (χ2v) is 7.54. The summed E-state index contributed by atoms with van der Waals surface area (Å²) in [6, 6.07) is 20.4. The topological polar surface area (TPSA) is 47.3 Å². The molecule has 0 radical (unpaired) electrons. The first kappa shape index (κ1) is 17.6. The lowest BCUT2D eigenvalue weighted by Crippen LogP contribution is -2.22. The van der Waals surface area contributed by atoms with Gasteiger partial charge in [-0.3, -0.25) is 4.79 Å². The Morgan fingerprint density at radius 1 is 1.00 bits per heavy atom. The highest BCUT2D eigenvalue weighted by Gasteiger charge is 2.28. The van der Waals surface area contributed by atoms with Crippen molar-refractivity contribution in [3.63, 3.8) is 0 Å². The smallest absolute Gasteiger partial charge is 0.166 e. The van der Waals surface area contributed by atoms with E-state index in [0.29, 0.717) is 12.0 Å². The highest BCUT2D eigenvalue weighted by molar-refractivity contribution is 5.98. The lowest BCUT2D eigenvalue weighted by atomic mass is 9.86. The fourth-order valence-corrected chi connectivity index (χ4v) is 4.12. The Morgan fingerprint density at radius 2 is 1.72 bits per heavy atom. The number of carbonyl (C=O) groups is 1. The number of fused-ring (bicyclic) bond motifs is 3. The third kappa shape index (κ3) is 3.17. The number of hydrogen-bond donors (Lipinski definition) is 0. The molecule has 1 atom stereocenters. The van der Waals surface area contributed by atoms with Crippen LogP contribution in [0.1, 0.15) is 33.7 Å². The Morgan fingerprint density at radius 3 is 2.48 bits per heavy atom. The maximum Gasteiger partial charge on any atom is 0.166 e. The molecule has 4 heteroatoms. The van der Waals surface area contributed by atoms with E-state index in [1.807, 2.05) is 47.8 Å². The fourth-order valence-electron chi connectivity index (χ4n) is 4.12. The van der Waals surface area contributed by atoms with Crippen molar-refractivity contribution in [2.75, 3.05) is 0 Å². The Bertz CT molecular complexity index is 1220. The number of Topliss-reactive ketones (excluding diaryl/α,β-unsaturated/α-hetero) is 1. The molecular formula is C25H21N3O. The molecular weight excluding hydrogens is 358 g/mol. The van der Waals surface area contributed by atoms with Crippen molar-refractivity contribution < 1.29 is 4.79 Å². The minimum Gasteiger partial charge on any atom is -0.294 e. The number of carbonyl (C=O) groups excluding carboxylic acids is 1. The van der Waals surface area contributed by atoms with Gasteiger partial charge in [-0.25, -0.2) is 9.50 Å². The zero-order chi connectivity index (χ0) is 19.8. The molecule has 0 saturated heterocycles. The summed E-state index contributed by atoms with van der Waals surface area (Å²) in [5.74, 6) is 0.295. The number of allylic oxidation sites excluding steroid dienone is 1. The second-order valence-electron chi connectivity index (χ2n) is 7.54. The molecule has 2 heterocycles. The van der Waals surface area contributed by atoms with E-state index in [1.165, 1.54) is 0 Å². The normalized spacial score (nSPS) is 16.4. The van der Waals surface area contributed by atoms with Crippen LogP contribution >= 0.6 is 0 Å². The summed E-state index contributed by atoms with van der Waals surface area (Å²) in [4.78, 5) is 17.4. The standard InChI is InChI=1S/C25H21N3O/c1-17-24(20-10-6-3-7-11-20)25-26-16-21-22(28(25)27-17)14-19(15-23(21)29)13-12-18-8-4-2-5-9-18/h2-13,16,19H,14-15H2,1H3/b13-12+/t19-/m0/s1. The van der Waals surface area contributed by atoms with Crippen molar-refractivity contribution in [2.24, 2.45) is 5.92 Å². The molecule has 0 saturated carbocycles. The maximum absolute atomic E-state index is 12.8. The van der Waals surface area contributed by atoms with Crippen LogP contribution in [0, 0.1) is 12.8 Å². The van der Waals surface area contributed by atoms with Gasteiger partial charge in [0, 0.05) is 18.2 Å². The summed E-state index contributed by atoms with van der Waals surface area (Å²) >= 11 is 0. The zero-order valence-corrected chi connectivity index (χ0v) is 16.2. The van der Waals surface area contributed by atoms with Gasteiger partial charge < -0.3 is 0 Å². The average Bonchev–Trinajstić information content (AvgIpc) is 3.10. The first-order valence-corrected chi connectivity index (χ1v) is 9.90. The monoisotopic (exact) mass is 379 g/mol. The van der Waals surface area contributed by atoms with E-state index >= 15 is 0 Å². The molecule has 5 rings (SSSR count). The van der Waals surface area contributed by atoms with Gasteiger partial charge in [-0.05, 0) is 30.4 Å². The Kier molecular flexibility index (Phi) is 4.32. The molecule has 142 valence electrons. The number of ketones is 1. The molecule has 0 amide bonds. The fraction of sp³-hybridized carbons (Fsp3) is 0.160. The van der Waals surface area contributed by atoms with E-state index < -0.39 is 0 Å². The van der Waals surface area contributed by atoms with E-state index in [1.54, 1.807) is 6.20 Å². The lowest BCUT2D eigenvalue weighted by molar-refractivity contribution is 0.0957. The van der Waals surface area contributed by atoms with Crippen LogP contribution in [0.5, 0.6) is 0 Å². The summed E-state index contributed by atoms with van der Waals surface area (Å²) in [5, 5.41) is 4.77. The van der Waals surface area contributed by atoms with E-state index in [0.717, 1.165) is 40.1 Å². The highest BCUT2D eigenvalue weighted by Crippen LogP contribution is 2.32. The average molecular weight is 379 g/mol. The summed E-state index contributed by atoms with van der Waals surface area (Å²) in [6.45, 7) is 2.00. The van der Waals surface area contributed by atoms with Gasteiger partial charge in [-0.1, -0.05) is 72.8 Å². The van der Waals surface area contributed by atoms with Crippen molar-refractivity contribution in [1.29, 1.82) is 0 Å². The quantitative estimate of drug-likeness (QED) is 0.494. The molecule has 1 aliphatic carbocycles. The van der Waals surface area contributed by atoms with Crippen molar-refractivity contribution in [1.82, 2.24) is 14.6 Å². The van der Waals surface area contributed by atoms with Crippen LogP contribution < -0.4 is 0 Å². The van der Waals surface area contributed by atoms with Crippen LogP contribution in [0.3, 0.4) is 0 Å². The number of benzene rings is 2. The SMILES string of the molecule is Cc1nn2c3c(cnc2c1-c1ccccc1)C(=O)C[C@@H](/C=C/c1ccccc1)C3. The Balaban J connectivity index is 1.57. The molecule has 0 unspecified atom stereocenters. The van der Waals surface area contributed by atoms with E-state index in [2.05, 4.69) is 41.4 Å². The zero-order valence-electron chi connectivity index (χ0n) is 16.2.